The summed E-state index contributed by atoms with van der Waals surface area (Å²) < 4.78 is 39.2. The van der Waals surface area contributed by atoms with E-state index in [4.69, 9.17) is 0 Å². The first-order valence-corrected chi connectivity index (χ1v) is 7.21. The van der Waals surface area contributed by atoms with Crippen LogP contribution in [-0.2, 0) is 11.8 Å². The van der Waals surface area contributed by atoms with Gasteiger partial charge in [-0.25, -0.2) is 0 Å². The van der Waals surface area contributed by atoms with Crippen molar-refractivity contribution in [2.45, 2.75) is 24.6 Å². The molecule has 0 unspecified atom stereocenters. The van der Waals surface area contributed by atoms with Gasteiger partial charge in [0, 0.05) is 12.7 Å². The zero-order valence-electron chi connectivity index (χ0n) is 12.4. The van der Waals surface area contributed by atoms with Crippen LogP contribution in [0.15, 0.2) is 24.5 Å². The Morgan fingerprint density at radius 1 is 1.42 bits per heavy atom. The number of nitrogens with zero attached hydrogens (tertiary/aromatic N) is 4. The largest absolute Gasteiger partial charge is 0.418 e. The highest BCUT2D eigenvalue weighted by Crippen LogP contribution is 2.34. The number of pyridine rings is 1. The van der Waals surface area contributed by atoms with E-state index >= 15 is 0 Å². The van der Waals surface area contributed by atoms with Crippen molar-refractivity contribution in [3.8, 4) is 0 Å². The number of nitrogens with one attached hydrogen (secondary N) is 1. The van der Waals surface area contributed by atoms with E-state index in [-0.39, 0.29) is 18.8 Å². The molecule has 0 saturated carbocycles. The minimum Gasteiger partial charge on any atom is -0.382 e. The monoisotopic (exact) mass is 341 g/mol. The molecule has 0 radical (unpaired) electrons. The van der Waals surface area contributed by atoms with Crippen LogP contribution in [0.5, 0.6) is 0 Å². The summed E-state index contributed by atoms with van der Waals surface area (Å²) >= 11 is 0. The van der Waals surface area contributed by atoms with E-state index in [2.05, 4.69) is 20.4 Å². The summed E-state index contributed by atoms with van der Waals surface area (Å²) in [4.78, 5) is 17.3. The van der Waals surface area contributed by atoms with Gasteiger partial charge in [-0.2, -0.15) is 28.6 Å². The van der Waals surface area contributed by atoms with Crippen molar-refractivity contribution < 1.29 is 23.1 Å². The lowest BCUT2D eigenvalue weighted by Crippen LogP contribution is -2.49. The van der Waals surface area contributed by atoms with E-state index in [0.29, 0.717) is 12.8 Å². The van der Waals surface area contributed by atoms with Gasteiger partial charge < -0.3 is 10.0 Å². The molecule has 0 bridgehead atoms. The number of hydrogen-bond acceptors (Lipinski definition) is 5. The standard InChI is InChI=1S/C14H14F3N5O2/c15-14(16,17)9-3-1-5-18-11(9)12(23)22-6-2-4-13(24,8-22)10-7-19-21-20-10/h1,3,5,7,24H,2,4,6,8H2,(H,19,20,21)/t13-/m1/s1. The van der Waals surface area contributed by atoms with Gasteiger partial charge in [0.1, 0.15) is 17.0 Å². The van der Waals surface area contributed by atoms with Gasteiger partial charge in [0.15, 0.2) is 0 Å². The fraction of sp³-hybridized carbons (Fsp3) is 0.429. The zero-order chi connectivity index (χ0) is 17.4. The summed E-state index contributed by atoms with van der Waals surface area (Å²) in [6.07, 6.45) is -1.47. The molecule has 1 fully saturated rings. The van der Waals surface area contributed by atoms with Gasteiger partial charge in [-0.3, -0.25) is 9.78 Å². The SMILES string of the molecule is O=C(c1ncccc1C(F)(F)F)N1CCC[C@](O)(c2cn[nH]n2)C1. The minimum absolute atomic E-state index is 0.174. The lowest BCUT2D eigenvalue weighted by molar-refractivity contribution is -0.138. The maximum atomic E-state index is 13.1. The van der Waals surface area contributed by atoms with Crippen molar-refractivity contribution in [2.24, 2.45) is 0 Å². The van der Waals surface area contributed by atoms with E-state index < -0.39 is 28.9 Å². The molecule has 2 aromatic heterocycles. The molecule has 0 spiro atoms. The molecule has 1 aliphatic rings. The maximum Gasteiger partial charge on any atom is 0.418 e. The lowest BCUT2D eigenvalue weighted by Gasteiger charge is -2.38. The molecule has 7 nitrogen and oxygen atoms in total. The number of alkyl halides is 3. The smallest absolute Gasteiger partial charge is 0.382 e. The zero-order valence-corrected chi connectivity index (χ0v) is 12.4. The number of aliphatic hydroxyl groups is 1. The third-order valence-corrected chi connectivity index (χ3v) is 3.97. The normalized spacial score (nSPS) is 21.8. The first-order chi connectivity index (χ1) is 11.3. The molecule has 1 saturated heterocycles. The summed E-state index contributed by atoms with van der Waals surface area (Å²) in [6.45, 7) is 0.0547. The van der Waals surface area contributed by atoms with Gasteiger partial charge >= 0.3 is 6.18 Å². The number of H-pyrrole nitrogens is 1. The van der Waals surface area contributed by atoms with Crippen molar-refractivity contribution in [3.63, 3.8) is 0 Å². The summed E-state index contributed by atoms with van der Waals surface area (Å²) in [6, 6.07) is 1.94. The Bertz CT molecular complexity index is 734. The summed E-state index contributed by atoms with van der Waals surface area (Å²) in [5.74, 6) is -0.871. The number of aromatic amines is 1. The quantitative estimate of drug-likeness (QED) is 0.860. The number of carbonyl (C=O) groups is 1. The average Bonchev–Trinajstić information content (AvgIpc) is 3.09. The lowest BCUT2D eigenvalue weighted by atomic mass is 9.89. The van der Waals surface area contributed by atoms with Gasteiger partial charge in [0.05, 0.1) is 18.3 Å². The van der Waals surface area contributed by atoms with Crippen LogP contribution in [0.4, 0.5) is 13.2 Å². The van der Waals surface area contributed by atoms with Crippen LogP contribution in [-0.4, -0.2) is 49.4 Å². The Balaban J connectivity index is 1.89. The van der Waals surface area contributed by atoms with E-state index in [1.807, 2.05) is 0 Å². The predicted molar refractivity (Wildman–Crippen MR) is 74.7 cm³/mol. The first-order valence-electron chi connectivity index (χ1n) is 7.21. The Kier molecular flexibility index (Phi) is 3.99. The maximum absolute atomic E-state index is 13.1. The van der Waals surface area contributed by atoms with Gasteiger partial charge in [-0.1, -0.05) is 0 Å². The Morgan fingerprint density at radius 3 is 2.88 bits per heavy atom. The molecule has 1 aliphatic heterocycles. The second kappa shape index (κ2) is 5.86. The Labute approximate surface area is 134 Å². The van der Waals surface area contributed by atoms with Gasteiger partial charge in [0.2, 0.25) is 0 Å². The molecule has 128 valence electrons. The van der Waals surface area contributed by atoms with Crippen molar-refractivity contribution in [3.05, 3.63) is 41.5 Å². The van der Waals surface area contributed by atoms with Crippen LogP contribution in [0.25, 0.3) is 0 Å². The molecule has 24 heavy (non-hydrogen) atoms. The fourth-order valence-electron chi connectivity index (χ4n) is 2.80. The Hall–Kier alpha value is -2.49. The number of carbonyl (C=O) groups excluding carboxylic acids is 1. The molecule has 1 atom stereocenters. The highest BCUT2D eigenvalue weighted by atomic mass is 19.4. The average molecular weight is 341 g/mol. The highest BCUT2D eigenvalue weighted by molar-refractivity contribution is 5.94. The summed E-state index contributed by atoms with van der Waals surface area (Å²) in [5.41, 5.74) is -2.97. The topological polar surface area (TPSA) is 95.0 Å². The van der Waals surface area contributed by atoms with Crippen molar-refractivity contribution >= 4 is 5.91 Å². The predicted octanol–water partition coefficient (Wildman–Crippen LogP) is 1.34. The number of hydrogen-bond donors (Lipinski definition) is 2. The van der Waals surface area contributed by atoms with Crippen LogP contribution in [0.3, 0.4) is 0 Å². The van der Waals surface area contributed by atoms with Crippen LogP contribution < -0.4 is 0 Å². The van der Waals surface area contributed by atoms with E-state index in [0.717, 1.165) is 23.2 Å². The molecular weight excluding hydrogens is 327 g/mol. The van der Waals surface area contributed by atoms with Crippen LogP contribution >= 0.6 is 0 Å². The highest BCUT2D eigenvalue weighted by Gasteiger charge is 2.42. The molecule has 0 aliphatic carbocycles. The number of amides is 1. The number of likely N-dealkylation sites (tertiary alicyclic amines) is 1. The summed E-state index contributed by atoms with van der Waals surface area (Å²) in [7, 11) is 0. The molecular formula is C14H14F3N5O2. The van der Waals surface area contributed by atoms with Crippen molar-refractivity contribution in [1.29, 1.82) is 0 Å². The van der Waals surface area contributed by atoms with Gasteiger partial charge in [-0.05, 0) is 25.0 Å². The van der Waals surface area contributed by atoms with E-state index in [1.54, 1.807) is 0 Å². The number of β-amino-alcohol motifs (C(OH)–C–C–N with tert-alkyl or cyclic N) is 1. The second-order valence-corrected chi connectivity index (χ2v) is 5.61. The third-order valence-electron chi connectivity index (χ3n) is 3.97. The van der Waals surface area contributed by atoms with Crippen molar-refractivity contribution in [2.75, 3.05) is 13.1 Å². The molecule has 3 heterocycles. The number of piperidine rings is 1. The van der Waals surface area contributed by atoms with Crippen LogP contribution in [0.1, 0.15) is 34.6 Å². The fourth-order valence-corrected chi connectivity index (χ4v) is 2.80. The van der Waals surface area contributed by atoms with Crippen LogP contribution in [0.2, 0.25) is 0 Å². The number of aromatic nitrogens is 4. The van der Waals surface area contributed by atoms with Gasteiger partial charge in [0.25, 0.3) is 5.91 Å². The molecule has 0 aromatic carbocycles. The minimum atomic E-state index is -4.68. The summed E-state index contributed by atoms with van der Waals surface area (Å²) in [5, 5.41) is 20.5. The molecule has 1 amide bonds. The number of rotatable bonds is 2. The first kappa shape index (κ1) is 16.4. The van der Waals surface area contributed by atoms with Crippen LogP contribution in [0, 0.1) is 0 Å². The molecule has 2 aromatic rings. The van der Waals surface area contributed by atoms with E-state index in [1.165, 1.54) is 6.20 Å². The molecule has 3 rings (SSSR count). The van der Waals surface area contributed by atoms with Gasteiger partial charge in [-0.15, -0.1) is 0 Å². The van der Waals surface area contributed by atoms with Crippen molar-refractivity contribution in [1.82, 2.24) is 25.3 Å². The number of halogens is 3. The molecule has 10 heteroatoms. The van der Waals surface area contributed by atoms with E-state index in [9.17, 15) is 23.1 Å². The Morgan fingerprint density at radius 2 is 2.21 bits per heavy atom. The second-order valence-electron chi connectivity index (χ2n) is 5.61. The third kappa shape index (κ3) is 2.96. The molecule has 2 N–H and O–H groups in total.